The Hall–Kier alpha value is -0.0400. The summed E-state index contributed by atoms with van der Waals surface area (Å²) < 4.78 is 0. The van der Waals surface area contributed by atoms with Crippen LogP contribution >= 0.6 is 0 Å². The molecule has 0 aromatic heterocycles. The standard InChI is InChI=1S/C13H27N/c1-6-13(5)10-12(4,11(2)3)8-7-9-14-13/h11,14H,6-10H2,1-5H3. The minimum atomic E-state index is 0.371. The summed E-state index contributed by atoms with van der Waals surface area (Å²) in [7, 11) is 0. The van der Waals surface area contributed by atoms with Gasteiger partial charge in [0.05, 0.1) is 0 Å². The second-order valence-electron chi connectivity index (χ2n) is 5.93. The molecule has 1 rings (SSSR count). The summed E-state index contributed by atoms with van der Waals surface area (Å²) in [5, 5.41) is 3.72. The molecule has 1 fully saturated rings. The fourth-order valence-corrected chi connectivity index (χ4v) is 2.67. The van der Waals surface area contributed by atoms with Crippen LogP contribution < -0.4 is 5.32 Å². The van der Waals surface area contributed by atoms with Gasteiger partial charge in [0.1, 0.15) is 0 Å². The van der Waals surface area contributed by atoms with E-state index in [2.05, 4.69) is 39.9 Å². The van der Waals surface area contributed by atoms with Crippen molar-refractivity contribution in [2.45, 2.75) is 65.8 Å². The first-order valence-electron chi connectivity index (χ1n) is 6.17. The van der Waals surface area contributed by atoms with E-state index in [0.717, 1.165) is 5.92 Å². The normalized spacial score (nSPS) is 39.9. The molecule has 0 spiro atoms. The number of hydrogen-bond donors (Lipinski definition) is 1. The Balaban J connectivity index is 2.78. The monoisotopic (exact) mass is 197 g/mol. The van der Waals surface area contributed by atoms with Crippen molar-refractivity contribution < 1.29 is 0 Å². The summed E-state index contributed by atoms with van der Waals surface area (Å²) in [5.74, 6) is 0.799. The zero-order valence-corrected chi connectivity index (χ0v) is 10.6. The average Bonchev–Trinajstić information content (AvgIpc) is 2.27. The first-order chi connectivity index (χ1) is 6.42. The highest BCUT2D eigenvalue weighted by atomic mass is 15.0. The van der Waals surface area contributed by atoms with Gasteiger partial charge in [-0.25, -0.2) is 0 Å². The topological polar surface area (TPSA) is 12.0 Å². The Morgan fingerprint density at radius 1 is 1.29 bits per heavy atom. The lowest BCUT2D eigenvalue weighted by atomic mass is 9.68. The van der Waals surface area contributed by atoms with Gasteiger partial charge in [-0.3, -0.25) is 0 Å². The number of rotatable bonds is 2. The van der Waals surface area contributed by atoms with Crippen LogP contribution in [-0.4, -0.2) is 12.1 Å². The number of hydrogen-bond acceptors (Lipinski definition) is 1. The molecule has 1 aliphatic heterocycles. The molecule has 0 aromatic carbocycles. The third kappa shape index (κ3) is 2.50. The average molecular weight is 197 g/mol. The van der Waals surface area contributed by atoms with Gasteiger partial charge in [-0.05, 0) is 50.5 Å². The molecule has 2 unspecified atom stereocenters. The van der Waals surface area contributed by atoms with Crippen molar-refractivity contribution >= 4 is 0 Å². The molecule has 1 heterocycles. The zero-order valence-electron chi connectivity index (χ0n) is 10.6. The molecule has 2 atom stereocenters. The molecule has 1 saturated heterocycles. The van der Waals surface area contributed by atoms with Crippen molar-refractivity contribution in [2.24, 2.45) is 11.3 Å². The largest absolute Gasteiger partial charge is 0.312 e. The predicted molar refractivity (Wildman–Crippen MR) is 63.5 cm³/mol. The van der Waals surface area contributed by atoms with E-state index in [0.29, 0.717) is 11.0 Å². The molecule has 1 nitrogen and oxygen atoms in total. The lowest BCUT2D eigenvalue weighted by Gasteiger charge is -2.40. The summed E-state index contributed by atoms with van der Waals surface area (Å²) in [6.07, 6.45) is 5.29. The van der Waals surface area contributed by atoms with Crippen molar-refractivity contribution in [3.63, 3.8) is 0 Å². The van der Waals surface area contributed by atoms with E-state index < -0.39 is 0 Å². The summed E-state index contributed by atoms with van der Waals surface area (Å²) in [4.78, 5) is 0. The van der Waals surface area contributed by atoms with E-state index in [9.17, 15) is 0 Å². The minimum absolute atomic E-state index is 0.371. The quantitative estimate of drug-likeness (QED) is 0.713. The molecule has 0 amide bonds. The van der Waals surface area contributed by atoms with E-state index in [-0.39, 0.29) is 0 Å². The summed E-state index contributed by atoms with van der Waals surface area (Å²) in [6.45, 7) is 13.1. The van der Waals surface area contributed by atoms with Gasteiger partial charge in [0.2, 0.25) is 0 Å². The molecule has 84 valence electrons. The number of nitrogens with one attached hydrogen (secondary N) is 1. The van der Waals surface area contributed by atoms with Crippen LogP contribution in [0.15, 0.2) is 0 Å². The van der Waals surface area contributed by atoms with Crippen molar-refractivity contribution in [3.8, 4) is 0 Å². The summed E-state index contributed by atoms with van der Waals surface area (Å²) in [6, 6.07) is 0. The third-order valence-corrected chi connectivity index (χ3v) is 4.44. The predicted octanol–water partition coefficient (Wildman–Crippen LogP) is 3.59. The van der Waals surface area contributed by atoms with Crippen molar-refractivity contribution in [1.29, 1.82) is 0 Å². The molecule has 1 heteroatoms. The zero-order chi connectivity index (χ0) is 10.8. The van der Waals surface area contributed by atoms with Gasteiger partial charge in [-0.15, -0.1) is 0 Å². The van der Waals surface area contributed by atoms with E-state index in [1.54, 1.807) is 0 Å². The highest BCUT2D eigenvalue weighted by Gasteiger charge is 2.37. The van der Waals surface area contributed by atoms with Gasteiger partial charge in [-0.2, -0.15) is 0 Å². The Bertz CT molecular complexity index is 188. The molecule has 0 aliphatic carbocycles. The Kier molecular flexibility index (Phi) is 3.63. The summed E-state index contributed by atoms with van der Waals surface area (Å²) >= 11 is 0. The van der Waals surface area contributed by atoms with Crippen LogP contribution in [0.25, 0.3) is 0 Å². The maximum absolute atomic E-state index is 3.72. The first-order valence-corrected chi connectivity index (χ1v) is 6.17. The first kappa shape index (κ1) is 12.0. The second kappa shape index (κ2) is 4.22. The molecule has 1 N–H and O–H groups in total. The van der Waals surface area contributed by atoms with Crippen LogP contribution in [0.1, 0.15) is 60.3 Å². The molecular weight excluding hydrogens is 170 g/mol. The van der Waals surface area contributed by atoms with Gasteiger partial charge < -0.3 is 5.32 Å². The Morgan fingerprint density at radius 3 is 2.43 bits per heavy atom. The molecule has 0 radical (unpaired) electrons. The van der Waals surface area contributed by atoms with E-state index in [4.69, 9.17) is 0 Å². The molecule has 0 aromatic rings. The van der Waals surface area contributed by atoms with Crippen LogP contribution in [-0.2, 0) is 0 Å². The van der Waals surface area contributed by atoms with Crippen LogP contribution in [0.2, 0.25) is 0 Å². The van der Waals surface area contributed by atoms with E-state index >= 15 is 0 Å². The second-order valence-corrected chi connectivity index (χ2v) is 5.93. The van der Waals surface area contributed by atoms with Gasteiger partial charge in [-0.1, -0.05) is 27.7 Å². The molecule has 1 aliphatic rings. The van der Waals surface area contributed by atoms with Crippen LogP contribution in [0.4, 0.5) is 0 Å². The van der Waals surface area contributed by atoms with Gasteiger partial charge in [0.15, 0.2) is 0 Å². The van der Waals surface area contributed by atoms with E-state index in [1.165, 1.54) is 32.2 Å². The highest BCUT2D eigenvalue weighted by Crippen LogP contribution is 2.42. The lowest BCUT2D eigenvalue weighted by molar-refractivity contribution is 0.140. The lowest BCUT2D eigenvalue weighted by Crippen LogP contribution is -2.44. The highest BCUT2D eigenvalue weighted by molar-refractivity contribution is 4.93. The van der Waals surface area contributed by atoms with Crippen LogP contribution in [0.3, 0.4) is 0 Å². The SMILES string of the molecule is CCC1(C)CC(C)(C(C)C)CCCN1. The minimum Gasteiger partial charge on any atom is -0.312 e. The molecule has 0 bridgehead atoms. The van der Waals surface area contributed by atoms with Crippen molar-refractivity contribution in [1.82, 2.24) is 5.32 Å². The fourth-order valence-electron chi connectivity index (χ4n) is 2.67. The smallest absolute Gasteiger partial charge is 0.0156 e. The van der Waals surface area contributed by atoms with Gasteiger partial charge >= 0.3 is 0 Å². The Labute approximate surface area is 89.7 Å². The fraction of sp³-hybridized carbons (Fsp3) is 1.00. The maximum atomic E-state index is 3.72. The van der Waals surface area contributed by atoms with Crippen LogP contribution in [0.5, 0.6) is 0 Å². The summed E-state index contributed by atoms with van der Waals surface area (Å²) in [5.41, 5.74) is 0.907. The Morgan fingerprint density at radius 2 is 1.93 bits per heavy atom. The van der Waals surface area contributed by atoms with Crippen molar-refractivity contribution in [3.05, 3.63) is 0 Å². The van der Waals surface area contributed by atoms with Crippen LogP contribution in [0, 0.1) is 11.3 Å². The third-order valence-electron chi connectivity index (χ3n) is 4.44. The van der Waals surface area contributed by atoms with Gasteiger partial charge in [0, 0.05) is 5.54 Å². The van der Waals surface area contributed by atoms with Gasteiger partial charge in [0.25, 0.3) is 0 Å². The van der Waals surface area contributed by atoms with E-state index in [1.807, 2.05) is 0 Å². The molecule has 14 heavy (non-hydrogen) atoms. The maximum Gasteiger partial charge on any atom is 0.0156 e. The van der Waals surface area contributed by atoms with Crippen molar-refractivity contribution in [2.75, 3.05) is 6.54 Å². The molecular formula is C13H27N. The molecule has 0 saturated carbocycles.